The lowest BCUT2D eigenvalue weighted by molar-refractivity contribution is 0.0947. The molecule has 1 amide bonds. The Hall–Kier alpha value is -2.89. The summed E-state index contributed by atoms with van der Waals surface area (Å²) in [7, 11) is 0. The van der Waals surface area contributed by atoms with E-state index in [1.54, 1.807) is 13.8 Å². The first-order valence-electron chi connectivity index (χ1n) is 8.37. The van der Waals surface area contributed by atoms with Gasteiger partial charge in [-0.25, -0.2) is 9.67 Å². The maximum absolute atomic E-state index is 12.1. The molecular formula is C19H22N4O2. The van der Waals surface area contributed by atoms with E-state index in [1.807, 2.05) is 41.9 Å². The van der Waals surface area contributed by atoms with Crippen molar-refractivity contribution in [2.24, 2.45) is 0 Å². The second-order valence-electron chi connectivity index (χ2n) is 6.02. The monoisotopic (exact) mass is 338 g/mol. The molecule has 0 spiro atoms. The molecule has 1 N–H and O–H groups in total. The van der Waals surface area contributed by atoms with Crippen molar-refractivity contribution < 1.29 is 9.21 Å². The smallest absolute Gasteiger partial charge is 0.273 e. The summed E-state index contributed by atoms with van der Waals surface area (Å²) in [5, 5.41) is 7.46. The summed E-state index contributed by atoms with van der Waals surface area (Å²) in [5.41, 5.74) is 3.61. The van der Waals surface area contributed by atoms with Crippen LogP contribution in [0.1, 0.15) is 39.8 Å². The normalized spacial score (nSPS) is 10.8. The van der Waals surface area contributed by atoms with E-state index in [2.05, 4.69) is 21.6 Å². The molecular weight excluding hydrogens is 316 g/mol. The highest BCUT2D eigenvalue weighted by molar-refractivity contribution is 5.93. The van der Waals surface area contributed by atoms with Crippen molar-refractivity contribution in [2.45, 2.75) is 33.6 Å². The highest BCUT2D eigenvalue weighted by Gasteiger charge is 2.14. The number of aryl methyl sites for hydroxylation is 4. The molecule has 3 rings (SSSR count). The fourth-order valence-corrected chi connectivity index (χ4v) is 2.76. The lowest BCUT2D eigenvalue weighted by Crippen LogP contribution is -2.25. The van der Waals surface area contributed by atoms with Crippen LogP contribution in [-0.2, 0) is 6.42 Å². The van der Waals surface area contributed by atoms with E-state index in [4.69, 9.17) is 4.42 Å². The summed E-state index contributed by atoms with van der Waals surface area (Å²) in [6.45, 7) is 6.07. The van der Waals surface area contributed by atoms with Crippen LogP contribution < -0.4 is 5.32 Å². The maximum atomic E-state index is 12.1. The fourth-order valence-electron chi connectivity index (χ4n) is 2.76. The Morgan fingerprint density at radius 2 is 1.96 bits per heavy atom. The van der Waals surface area contributed by atoms with Crippen LogP contribution in [0.4, 0.5) is 0 Å². The predicted molar refractivity (Wildman–Crippen MR) is 94.9 cm³/mol. The number of benzene rings is 1. The van der Waals surface area contributed by atoms with Gasteiger partial charge in [0.25, 0.3) is 5.91 Å². The zero-order chi connectivity index (χ0) is 17.8. The first-order valence-corrected chi connectivity index (χ1v) is 8.37. The van der Waals surface area contributed by atoms with Gasteiger partial charge in [-0.3, -0.25) is 4.79 Å². The number of oxazole rings is 1. The summed E-state index contributed by atoms with van der Waals surface area (Å²) in [6, 6.07) is 10.0. The van der Waals surface area contributed by atoms with Crippen molar-refractivity contribution in [3.63, 3.8) is 0 Å². The summed E-state index contributed by atoms with van der Waals surface area (Å²) in [4.78, 5) is 16.2. The molecule has 0 saturated carbocycles. The highest BCUT2D eigenvalue weighted by atomic mass is 16.4. The number of nitrogens with one attached hydrogen (secondary N) is 1. The van der Waals surface area contributed by atoms with E-state index in [0.29, 0.717) is 23.9 Å². The Labute approximate surface area is 146 Å². The SMILES string of the molecule is Cc1nc(C(=O)NCCCc2cn(-c3ccccc3)nc2C)c(C)o1. The number of aromatic nitrogens is 3. The van der Waals surface area contributed by atoms with Gasteiger partial charge < -0.3 is 9.73 Å². The van der Waals surface area contributed by atoms with Crippen molar-refractivity contribution in [1.82, 2.24) is 20.1 Å². The predicted octanol–water partition coefficient (Wildman–Crippen LogP) is 3.15. The van der Waals surface area contributed by atoms with Crippen molar-refractivity contribution in [1.29, 1.82) is 0 Å². The molecule has 0 atom stereocenters. The Bertz CT molecular complexity index is 865. The standard InChI is InChI=1S/C19H22N4O2/c1-13-16(12-23(22-13)17-9-5-4-6-10-17)8-7-11-20-19(24)18-14(2)25-15(3)21-18/h4-6,9-10,12H,7-8,11H2,1-3H3,(H,20,24). The zero-order valence-corrected chi connectivity index (χ0v) is 14.7. The van der Waals surface area contributed by atoms with Crippen molar-refractivity contribution in [3.05, 3.63) is 65.1 Å². The third-order valence-electron chi connectivity index (χ3n) is 4.05. The first-order chi connectivity index (χ1) is 12.0. The molecule has 130 valence electrons. The topological polar surface area (TPSA) is 73.0 Å². The molecule has 6 nitrogen and oxygen atoms in total. The lowest BCUT2D eigenvalue weighted by Gasteiger charge is -2.03. The molecule has 0 fully saturated rings. The minimum Gasteiger partial charge on any atom is -0.445 e. The Morgan fingerprint density at radius 1 is 1.20 bits per heavy atom. The number of hydrogen-bond acceptors (Lipinski definition) is 4. The van der Waals surface area contributed by atoms with Gasteiger partial charge in [-0.05, 0) is 44.4 Å². The molecule has 25 heavy (non-hydrogen) atoms. The van der Waals surface area contributed by atoms with Gasteiger partial charge in [0.15, 0.2) is 11.6 Å². The van der Waals surface area contributed by atoms with Gasteiger partial charge in [-0.2, -0.15) is 5.10 Å². The van der Waals surface area contributed by atoms with Crippen molar-refractivity contribution in [3.8, 4) is 5.69 Å². The summed E-state index contributed by atoms with van der Waals surface area (Å²) < 4.78 is 7.18. The van der Waals surface area contributed by atoms with Gasteiger partial charge in [0.2, 0.25) is 0 Å². The van der Waals surface area contributed by atoms with Crippen LogP contribution in [0.3, 0.4) is 0 Å². The van der Waals surface area contributed by atoms with E-state index in [-0.39, 0.29) is 5.91 Å². The molecule has 6 heteroatoms. The minimum atomic E-state index is -0.189. The molecule has 0 radical (unpaired) electrons. The lowest BCUT2D eigenvalue weighted by atomic mass is 10.1. The molecule has 0 aliphatic carbocycles. The minimum absolute atomic E-state index is 0.189. The van der Waals surface area contributed by atoms with Crippen molar-refractivity contribution in [2.75, 3.05) is 6.54 Å². The van der Waals surface area contributed by atoms with E-state index in [1.165, 1.54) is 5.56 Å². The van der Waals surface area contributed by atoms with Crippen LogP contribution in [0.2, 0.25) is 0 Å². The molecule has 0 saturated heterocycles. The second kappa shape index (κ2) is 7.34. The third kappa shape index (κ3) is 3.96. The molecule has 3 aromatic rings. The van der Waals surface area contributed by atoms with Crippen LogP contribution in [0.5, 0.6) is 0 Å². The first kappa shape index (κ1) is 17.0. The second-order valence-corrected chi connectivity index (χ2v) is 6.02. The molecule has 1 aromatic carbocycles. The van der Waals surface area contributed by atoms with E-state index in [9.17, 15) is 4.79 Å². The molecule has 2 heterocycles. The van der Waals surface area contributed by atoms with Crippen LogP contribution in [0.15, 0.2) is 40.9 Å². The maximum Gasteiger partial charge on any atom is 0.273 e. The number of hydrogen-bond donors (Lipinski definition) is 1. The molecule has 0 unspecified atom stereocenters. The quantitative estimate of drug-likeness (QED) is 0.701. The number of carbonyl (C=O) groups excluding carboxylic acids is 1. The molecule has 2 aromatic heterocycles. The van der Waals surface area contributed by atoms with Gasteiger partial charge in [0.1, 0.15) is 5.76 Å². The van der Waals surface area contributed by atoms with E-state index < -0.39 is 0 Å². The Balaban J connectivity index is 1.53. The van der Waals surface area contributed by atoms with Gasteiger partial charge >= 0.3 is 0 Å². The van der Waals surface area contributed by atoms with Gasteiger partial charge in [-0.15, -0.1) is 0 Å². The van der Waals surface area contributed by atoms with Crippen molar-refractivity contribution >= 4 is 5.91 Å². The fraction of sp³-hybridized carbons (Fsp3) is 0.316. The number of para-hydroxylation sites is 1. The van der Waals surface area contributed by atoms with Crippen LogP contribution in [0, 0.1) is 20.8 Å². The summed E-state index contributed by atoms with van der Waals surface area (Å²) in [6.07, 6.45) is 3.75. The van der Waals surface area contributed by atoms with Crippen LogP contribution in [-0.4, -0.2) is 27.2 Å². The third-order valence-corrected chi connectivity index (χ3v) is 4.05. The van der Waals surface area contributed by atoms with Gasteiger partial charge in [-0.1, -0.05) is 18.2 Å². The summed E-state index contributed by atoms with van der Waals surface area (Å²) >= 11 is 0. The van der Waals surface area contributed by atoms with E-state index >= 15 is 0 Å². The number of amides is 1. The zero-order valence-electron chi connectivity index (χ0n) is 14.7. The highest BCUT2D eigenvalue weighted by Crippen LogP contribution is 2.13. The summed E-state index contributed by atoms with van der Waals surface area (Å²) in [5.74, 6) is 0.868. The number of nitrogens with zero attached hydrogens (tertiary/aromatic N) is 3. The average Bonchev–Trinajstić information content (AvgIpc) is 3.14. The molecule has 0 bridgehead atoms. The van der Waals surface area contributed by atoms with Crippen LogP contribution in [0.25, 0.3) is 5.69 Å². The molecule has 0 aliphatic heterocycles. The number of carbonyl (C=O) groups is 1. The average molecular weight is 338 g/mol. The van der Waals surface area contributed by atoms with E-state index in [0.717, 1.165) is 24.2 Å². The Kier molecular flexibility index (Phi) is 4.97. The van der Waals surface area contributed by atoms with Crippen LogP contribution >= 0.6 is 0 Å². The van der Waals surface area contributed by atoms with Gasteiger partial charge in [0.05, 0.1) is 11.4 Å². The van der Waals surface area contributed by atoms with Gasteiger partial charge in [0, 0.05) is 19.7 Å². The molecule has 0 aliphatic rings. The Morgan fingerprint density at radius 3 is 2.64 bits per heavy atom. The number of rotatable bonds is 6. The largest absolute Gasteiger partial charge is 0.445 e.